The molecule has 1 rings (SSSR count). The number of likely N-dealkylation sites (tertiary alicyclic amines) is 1. The lowest BCUT2D eigenvalue weighted by Crippen LogP contribution is -2.39. The molecule has 1 fully saturated rings. The van der Waals surface area contributed by atoms with Gasteiger partial charge in [-0.15, -0.1) is 0 Å². The second-order valence-corrected chi connectivity index (χ2v) is 4.46. The number of hydrogen-bond acceptors (Lipinski definition) is 2. The minimum atomic E-state index is 0.283. The van der Waals surface area contributed by atoms with Gasteiger partial charge in [0.1, 0.15) is 0 Å². The molecule has 1 aliphatic heterocycles. The lowest BCUT2D eigenvalue weighted by atomic mass is 9.90. The third-order valence-electron chi connectivity index (χ3n) is 3.02. The SMILES string of the molecule is CCC[C@@H](N)C[C@H]1CCC(=O)N(C)C1. The second kappa shape index (κ2) is 5.35. The van der Waals surface area contributed by atoms with Gasteiger partial charge in [0.05, 0.1) is 0 Å². The molecule has 0 bridgehead atoms. The molecular formula is C11H22N2O. The molecule has 0 radical (unpaired) electrons. The summed E-state index contributed by atoms with van der Waals surface area (Å²) in [6.07, 6.45) is 5.07. The number of amides is 1. The quantitative estimate of drug-likeness (QED) is 0.741. The van der Waals surface area contributed by atoms with Gasteiger partial charge >= 0.3 is 0 Å². The van der Waals surface area contributed by atoms with Crippen LogP contribution in [0.25, 0.3) is 0 Å². The number of hydrogen-bond donors (Lipinski definition) is 1. The van der Waals surface area contributed by atoms with Gasteiger partial charge in [-0.3, -0.25) is 4.79 Å². The van der Waals surface area contributed by atoms with Gasteiger partial charge in [0.25, 0.3) is 0 Å². The predicted molar refractivity (Wildman–Crippen MR) is 57.9 cm³/mol. The molecule has 1 heterocycles. The highest BCUT2D eigenvalue weighted by Crippen LogP contribution is 2.21. The van der Waals surface area contributed by atoms with Crippen LogP contribution in [0.4, 0.5) is 0 Å². The van der Waals surface area contributed by atoms with Crippen LogP contribution in [0, 0.1) is 5.92 Å². The van der Waals surface area contributed by atoms with Gasteiger partial charge in [0, 0.05) is 26.1 Å². The highest BCUT2D eigenvalue weighted by molar-refractivity contribution is 5.76. The van der Waals surface area contributed by atoms with Gasteiger partial charge in [-0.1, -0.05) is 13.3 Å². The molecule has 1 saturated heterocycles. The first-order valence-electron chi connectivity index (χ1n) is 5.63. The Bertz CT molecular complexity index is 194. The summed E-state index contributed by atoms with van der Waals surface area (Å²) in [6.45, 7) is 3.06. The molecule has 1 aliphatic rings. The van der Waals surface area contributed by atoms with E-state index >= 15 is 0 Å². The lowest BCUT2D eigenvalue weighted by molar-refractivity contribution is -0.133. The third kappa shape index (κ3) is 3.29. The summed E-state index contributed by atoms with van der Waals surface area (Å²) >= 11 is 0. The summed E-state index contributed by atoms with van der Waals surface area (Å²) in [4.78, 5) is 13.1. The van der Waals surface area contributed by atoms with Crippen molar-refractivity contribution in [2.75, 3.05) is 13.6 Å². The van der Waals surface area contributed by atoms with Crippen LogP contribution in [-0.2, 0) is 4.79 Å². The normalized spacial score (nSPS) is 25.2. The standard InChI is InChI=1S/C11H22N2O/c1-3-4-10(12)7-9-5-6-11(14)13(2)8-9/h9-10H,3-8,12H2,1-2H3/t9-,10-/m1/s1. The largest absolute Gasteiger partial charge is 0.345 e. The van der Waals surface area contributed by atoms with Crippen LogP contribution < -0.4 is 5.73 Å². The first-order chi connectivity index (χ1) is 6.63. The zero-order valence-corrected chi connectivity index (χ0v) is 9.33. The van der Waals surface area contributed by atoms with Gasteiger partial charge in [0.15, 0.2) is 0 Å². The molecule has 0 aromatic rings. The maximum atomic E-state index is 11.2. The predicted octanol–water partition coefficient (Wildman–Crippen LogP) is 1.37. The van der Waals surface area contributed by atoms with Gasteiger partial charge < -0.3 is 10.6 Å². The number of nitrogens with two attached hydrogens (primary N) is 1. The van der Waals surface area contributed by atoms with E-state index in [2.05, 4.69) is 6.92 Å². The number of rotatable bonds is 4. The molecule has 0 spiro atoms. The fourth-order valence-electron chi connectivity index (χ4n) is 2.21. The minimum Gasteiger partial charge on any atom is -0.345 e. The van der Waals surface area contributed by atoms with E-state index in [0.717, 1.165) is 32.2 Å². The van der Waals surface area contributed by atoms with E-state index in [4.69, 9.17) is 5.73 Å². The highest BCUT2D eigenvalue weighted by atomic mass is 16.2. The monoisotopic (exact) mass is 198 g/mol. The molecule has 82 valence electrons. The average Bonchev–Trinajstić information content (AvgIpc) is 2.12. The fourth-order valence-corrected chi connectivity index (χ4v) is 2.21. The number of nitrogens with zero attached hydrogens (tertiary/aromatic N) is 1. The molecule has 3 nitrogen and oxygen atoms in total. The first-order valence-corrected chi connectivity index (χ1v) is 5.63. The van der Waals surface area contributed by atoms with Crippen LogP contribution in [-0.4, -0.2) is 30.4 Å². The Morgan fingerprint density at radius 1 is 1.64 bits per heavy atom. The van der Waals surface area contributed by atoms with E-state index in [9.17, 15) is 4.79 Å². The van der Waals surface area contributed by atoms with Crippen molar-refractivity contribution in [3.05, 3.63) is 0 Å². The van der Waals surface area contributed by atoms with Crippen molar-refractivity contribution in [3.8, 4) is 0 Å². The Balaban J connectivity index is 2.29. The Morgan fingerprint density at radius 2 is 2.36 bits per heavy atom. The number of carbonyl (C=O) groups excluding carboxylic acids is 1. The van der Waals surface area contributed by atoms with Crippen LogP contribution in [0.3, 0.4) is 0 Å². The summed E-state index contributed by atoms with van der Waals surface area (Å²) in [5.41, 5.74) is 5.99. The van der Waals surface area contributed by atoms with Gasteiger partial charge in [-0.2, -0.15) is 0 Å². The smallest absolute Gasteiger partial charge is 0.222 e. The molecule has 0 aromatic carbocycles. The van der Waals surface area contributed by atoms with Crippen molar-refractivity contribution < 1.29 is 4.79 Å². The molecule has 0 unspecified atom stereocenters. The van der Waals surface area contributed by atoms with E-state index in [1.807, 2.05) is 11.9 Å². The zero-order valence-electron chi connectivity index (χ0n) is 9.33. The summed E-state index contributed by atoms with van der Waals surface area (Å²) in [6, 6.07) is 0.326. The molecule has 3 heteroatoms. The Morgan fingerprint density at radius 3 is 2.93 bits per heavy atom. The maximum absolute atomic E-state index is 11.2. The van der Waals surface area contributed by atoms with Crippen molar-refractivity contribution >= 4 is 5.91 Å². The second-order valence-electron chi connectivity index (χ2n) is 4.46. The fraction of sp³-hybridized carbons (Fsp3) is 0.909. The van der Waals surface area contributed by atoms with E-state index in [1.165, 1.54) is 0 Å². The Labute approximate surface area is 86.6 Å². The molecule has 14 heavy (non-hydrogen) atoms. The summed E-state index contributed by atoms with van der Waals surface area (Å²) in [5.74, 6) is 0.907. The molecule has 0 aromatic heterocycles. The van der Waals surface area contributed by atoms with Crippen molar-refractivity contribution in [2.45, 2.75) is 45.1 Å². The van der Waals surface area contributed by atoms with Crippen molar-refractivity contribution in [2.24, 2.45) is 11.7 Å². The molecular weight excluding hydrogens is 176 g/mol. The zero-order chi connectivity index (χ0) is 10.6. The summed E-state index contributed by atoms with van der Waals surface area (Å²) < 4.78 is 0. The van der Waals surface area contributed by atoms with Crippen molar-refractivity contribution in [3.63, 3.8) is 0 Å². The molecule has 1 amide bonds. The molecule has 0 aliphatic carbocycles. The minimum absolute atomic E-state index is 0.283. The van der Waals surface area contributed by atoms with Crippen LogP contribution >= 0.6 is 0 Å². The van der Waals surface area contributed by atoms with Crippen LogP contribution in [0.15, 0.2) is 0 Å². The molecule has 2 atom stereocenters. The van der Waals surface area contributed by atoms with E-state index in [0.29, 0.717) is 18.4 Å². The Hall–Kier alpha value is -0.570. The van der Waals surface area contributed by atoms with Gasteiger partial charge in [-0.05, 0) is 25.2 Å². The Kier molecular flexibility index (Phi) is 4.39. The summed E-state index contributed by atoms with van der Waals surface area (Å²) in [5, 5.41) is 0. The molecule has 2 N–H and O–H groups in total. The van der Waals surface area contributed by atoms with E-state index in [1.54, 1.807) is 0 Å². The average molecular weight is 198 g/mol. The van der Waals surface area contributed by atoms with Crippen LogP contribution in [0.1, 0.15) is 39.0 Å². The number of piperidine rings is 1. The maximum Gasteiger partial charge on any atom is 0.222 e. The van der Waals surface area contributed by atoms with E-state index in [-0.39, 0.29) is 5.91 Å². The summed E-state index contributed by atoms with van der Waals surface area (Å²) in [7, 11) is 1.89. The van der Waals surface area contributed by atoms with Crippen LogP contribution in [0.5, 0.6) is 0 Å². The van der Waals surface area contributed by atoms with Gasteiger partial charge in [-0.25, -0.2) is 0 Å². The first kappa shape index (κ1) is 11.5. The number of carbonyl (C=O) groups is 1. The van der Waals surface area contributed by atoms with Crippen LogP contribution in [0.2, 0.25) is 0 Å². The topological polar surface area (TPSA) is 46.3 Å². The molecule has 0 saturated carbocycles. The van der Waals surface area contributed by atoms with Gasteiger partial charge in [0.2, 0.25) is 5.91 Å². The van der Waals surface area contributed by atoms with Crippen molar-refractivity contribution in [1.82, 2.24) is 4.90 Å². The third-order valence-corrected chi connectivity index (χ3v) is 3.02. The van der Waals surface area contributed by atoms with E-state index < -0.39 is 0 Å². The lowest BCUT2D eigenvalue weighted by Gasteiger charge is -2.31. The van der Waals surface area contributed by atoms with Crippen molar-refractivity contribution in [1.29, 1.82) is 0 Å². The highest BCUT2D eigenvalue weighted by Gasteiger charge is 2.23.